The highest BCUT2D eigenvalue weighted by Crippen LogP contribution is 2.36. The summed E-state index contributed by atoms with van der Waals surface area (Å²) in [5.41, 5.74) is 0.678. The van der Waals surface area contributed by atoms with Crippen LogP contribution in [0.1, 0.15) is 56.5 Å². The normalized spacial score (nSPS) is 20.6. The lowest BCUT2D eigenvalue weighted by molar-refractivity contribution is -0.120. The third-order valence-electron chi connectivity index (χ3n) is 4.67. The maximum atomic E-state index is 12.2. The molecule has 3 heterocycles. The predicted molar refractivity (Wildman–Crippen MR) is 86.9 cm³/mol. The Kier molecular flexibility index (Phi) is 4.46. The van der Waals surface area contributed by atoms with Crippen LogP contribution in [-0.2, 0) is 17.8 Å². The molecule has 1 aromatic rings. The molecule has 122 valence electrons. The van der Waals surface area contributed by atoms with Gasteiger partial charge in [0, 0.05) is 50.2 Å². The third kappa shape index (κ3) is 3.61. The molecular weight excluding hydrogens is 290 g/mol. The van der Waals surface area contributed by atoms with Gasteiger partial charge in [0.05, 0.1) is 6.42 Å². The second-order valence-electron chi connectivity index (χ2n) is 6.47. The van der Waals surface area contributed by atoms with E-state index >= 15 is 0 Å². The second-order valence-corrected chi connectivity index (χ2v) is 6.47. The minimum absolute atomic E-state index is 0.0266. The van der Waals surface area contributed by atoms with Gasteiger partial charge in [0.15, 0.2) is 5.66 Å². The molecule has 6 heteroatoms. The Labute approximate surface area is 136 Å². The van der Waals surface area contributed by atoms with Gasteiger partial charge in [-0.15, -0.1) is 12.3 Å². The molecule has 1 aromatic heterocycles. The smallest absolute Gasteiger partial charge is 0.226 e. The van der Waals surface area contributed by atoms with Crippen LogP contribution in [0.3, 0.4) is 0 Å². The second kappa shape index (κ2) is 6.53. The number of imidazole rings is 1. The number of nitrogens with zero attached hydrogens (tertiary/aromatic N) is 4. The van der Waals surface area contributed by atoms with Crippen LogP contribution in [0, 0.1) is 12.3 Å². The summed E-state index contributed by atoms with van der Waals surface area (Å²) in [6.07, 6.45) is 12.0. The largest absolute Gasteiger partial charge is 0.356 e. The fourth-order valence-electron chi connectivity index (χ4n) is 3.20. The summed E-state index contributed by atoms with van der Waals surface area (Å²) in [5, 5.41) is 11.1. The highest BCUT2D eigenvalue weighted by molar-refractivity contribution is 5.78. The van der Waals surface area contributed by atoms with Gasteiger partial charge in [-0.3, -0.25) is 4.79 Å². The molecule has 1 amide bonds. The molecule has 0 spiro atoms. The Bertz CT molecular complexity index is 648. The van der Waals surface area contributed by atoms with Gasteiger partial charge in [-0.1, -0.05) is 6.92 Å². The zero-order valence-electron chi connectivity index (χ0n) is 13.6. The molecule has 0 bridgehead atoms. The van der Waals surface area contributed by atoms with E-state index in [2.05, 4.69) is 37.9 Å². The van der Waals surface area contributed by atoms with Gasteiger partial charge >= 0.3 is 0 Å². The number of terminal acetylenes is 1. The topological polar surface area (TPSA) is 71.6 Å². The number of aromatic nitrogens is 2. The van der Waals surface area contributed by atoms with E-state index in [0.717, 1.165) is 37.3 Å². The van der Waals surface area contributed by atoms with E-state index in [0.29, 0.717) is 25.3 Å². The van der Waals surface area contributed by atoms with E-state index in [-0.39, 0.29) is 11.6 Å². The van der Waals surface area contributed by atoms with E-state index in [1.807, 2.05) is 6.20 Å². The van der Waals surface area contributed by atoms with Crippen molar-refractivity contribution in [3.63, 3.8) is 0 Å². The summed E-state index contributed by atoms with van der Waals surface area (Å²) in [4.78, 5) is 16.6. The number of hydrogen-bond acceptors (Lipinski definition) is 4. The van der Waals surface area contributed by atoms with Crippen molar-refractivity contribution in [1.82, 2.24) is 14.9 Å². The van der Waals surface area contributed by atoms with Crippen LogP contribution in [0.15, 0.2) is 16.4 Å². The molecule has 1 unspecified atom stereocenters. The van der Waals surface area contributed by atoms with Crippen LogP contribution in [0.5, 0.6) is 0 Å². The molecule has 0 aliphatic carbocycles. The van der Waals surface area contributed by atoms with Crippen molar-refractivity contribution in [2.24, 2.45) is 10.2 Å². The van der Waals surface area contributed by atoms with E-state index in [9.17, 15) is 4.79 Å². The lowest BCUT2D eigenvalue weighted by Crippen LogP contribution is -2.30. The highest BCUT2D eigenvalue weighted by Gasteiger charge is 2.38. The molecule has 3 rings (SSSR count). The van der Waals surface area contributed by atoms with Crippen molar-refractivity contribution >= 4 is 5.91 Å². The summed E-state index contributed by atoms with van der Waals surface area (Å²) in [6.45, 7) is 3.74. The van der Waals surface area contributed by atoms with Gasteiger partial charge in [0.1, 0.15) is 5.82 Å². The Balaban J connectivity index is 1.46. The average Bonchev–Trinajstić information content (AvgIpc) is 3.19. The molecule has 0 saturated carbocycles. The molecular formula is C17H23N5O. The minimum Gasteiger partial charge on any atom is -0.356 e. The van der Waals surface area contributed by atoms with Crippen LogP contribution in [0.25, 0.3) is 0 Å². The number of rotatable bonds is 7. The lowest BCUT2D eigenvalue weighted by atomic mass is 10.0. The number of amides is 1. The Hall–Kier alpha value is -2.16. The molecule has 23 heavy (non-hydrogen) atoms. The van der Waals surface area contributed by atoms with Crippen LogP contribution in [0.2, 0.25) is 0 Å². The Morgan fingerprint density at radius 1 is 1.52 bits per heavy atom. The van der Waals surface area contributed by atoms with Crippen molar-refractivity contribution < 1.29 is 4.79 Å². The maximum Gasteiger partial charge on any atom is 0.226 e. The van der Waals surface area contributed by atoms with Gasteiger partial charge < -0.3 is 9.88 Å². The number of carbonyl (C=O) groups is 1. The van der Waals surface area contributed by atoms with Gasteiger partial charge in [0.2, 0.25) is 5.91 Å². The molecule has 0 saturated heterocycles. The fourth-order valence-corrected chi connectivity index (χ4v) is 3.20. The third-order valence-corrected chi connectivity index (χ3v) is 4.67. The van der Waals surface area contributed by atoms with E-state index < -0.39 is 0 Å². The van der Waals surface area contributed by atoms with Crippen LogP contribution >= 0.6 is 0 Å². The van der Waals surface area contributed by atoms with Crippen LogP contribution in [0.4, 0.5) is 0 Å². The Morgan fingerprint density at radius 2 is 2.35 bits per heavy atom. The van der Waals surface area contributed by atoms with Crippen LogP contribution in [-0.4, -0.2) is 27.7 Å². The standard InChI is InChI=1S/C17H23N5O/c1-3-4-7-17(20-21-17)8-9-18-15(23)11-14-12-19-16-13(2)6-5-10-22(14)16/h1,12-13H,4-11H2,2H3,(H,18,23). The first-order chi connectivity index (χ1) is 11.1. The number of carbonyl (C=O) groups excluding carboxylic acids is 1. The van der Waals surface area contributed by atoms with Crippen molar-refractivity contribution in [3.8, 4) is 12.3 Å². The molecule has 0 aromatic carbocycles. The quantitative estimate of drug-likeness (QED) is 0.785. The molecule has 0 radical (unpaired) electrons. The maximum absolute atomic E-state index is 12.2. The van der Waals surface area contributed by atoms with E-state index in [4.69, 9.17) is 6.42 Å². The predicted octanol–water partition coefficient (Wildman–Crippen LogP) is 2.40. The van der Waals surface area contributed by atoms with Gasteiger partial charge in [-0.25, -0.2) is 4.98 Å². The number of hydrogen-bond donors (Lipinski definition) is 1. The monoisotopic (exact) mass is 313 g/mol. The summed E-state index contributed by atoms with van der Waals surface area (Å²) in [6, 6.07) is 0. The van der Waals surface area contributed by atoms with Crippen molar-refractivity contribution in [2.75, 3.05) is 6.54 Å². The van der Waals surface area contributed by atoms with Gasteiger partial charge in [-0.05, 0) is 12.8 Å². The zero-order valence-corrected chi connectivity index (χ0v) is 13.6. The summed E-state index contributed by atoms with van der Waals surface area (Å²) in [7, 11) is 0. The molecule has 0 fully saturated rings. The zero-order chi connectivity index (χ0) is 16.3. The minimum atomic E-state index is -0.329. The first kappa shape index (κ1) is 15.7. The molecule has 1 atom stereocenters. The molecule has 6 nitrogen and oxygen atoms in total. The van der Waals surface area contributed by atoms with E-state index in [1.165, 1.54) is 6.42 Å². The van der Waals surface area contributed by atoms with Crippen molar-refractivity contribution in [3.05, 3.63) is 17.7 Å². The highest BCUT2D eigenvalue weighted by atomic mass is 16.1. The average molecular weight is 313 g/mol. The van der Waals surface area contributed by atoms with Crippen molar-refractivity contribution in [2.45, 2.75) is 63.6 Å². The summed E-state index contributed by atoms with van der Waals surface area (Å²) in [5.74, 6) is 4.23. The first-order valence-electron chi connectivity index (χ1n) is 8.32. The fraction of sp³-hybridized carbons (Fsp3) is 0.647. The van der Waals surface area contributed by atoms with E-state index in [1.54, 1.807) is 0 Å². The van der Waals surface area contributed by atoms with Gasteiger partial charge in [-0.2, -0.15) is 10.2 Å². The van der Waals surface area contributed by atoms with Gasteiger partial charge in [0.25, 0.3) is 0 Å². The SMILES string of the molecule is C#CCCC1(CCNC(=O)Cc2cnc3n2CCCC3C)N=N1. The molecule has 1 N–H and O–H groups in total. The summed E-state index contributed by atoms with van der Waals surface area (Å²) >= 11 is 0. The molecule has 2 aliphatic heterocycles. The van der Waals surface area contributed by atoms with Crippen LogP contribution < -0.4 is 5.32 Å². The number of fused-ring (bicyclic) bond motifs is 1. The number of nitrogens with one attached hydrogen (secondary N) is 1. The van der Waals surface area contributed by atoms with Crippen molar-refractivity contribution in [1.29, 1.82) is 0 Å². The first-order valence-corrected chi connectivity index (χ1v) is 8.32. The summed E-state index contributed by atoms with van der Waals surface area (Å²) < 4.78 is 2.20. The molecule has 2 aliphatic rings. The Morgan fingerprint density at radius 3 is 3.09 bits per heavy atom. The lowest BCUT2D eigenvalue weighted by Gasteiger charge is -2.21.